The summed E-state index contributed by atoms with van der Waals surface area (Å²) >= 11 is 0. The molecule has 0 aliphatic carbocycles. The standard InChI is InChI=1S/C19H21N5O3S/c1-27-17-7-3-2-6-16(17)19-18(20-8-9-21-19)14-5-4-10-24(13-14)28(25,26)15-11-22-23-12-15/h2-3,6-9,11-12,14H,4-5,10,13H2,1H3,(H,22,23). The smallest absolute Gasteiger partial charge is 0.246 e. The zero-order chi connectivity index (χ0) is 19.6. The molecule has 1 N–H and O–H groups in total. The lowest BCUT2D eigenvalue weighted by atomic mass is 9.92. The predicted octanol–water partition coefficient (Wildman–Crippen LogP) is 2.44. The van der Waals surface area contributed by atoms with Gasteiger partial charge in [-0.15, -0.1) is 0 Å². The monoisotopic (exact) mass is 399 g/mol. The molecule has 1 aliphatic rings. The molecule has 2 aromatic heterocycles. The molecule has 28 heavy (non-hydrogen) atoms. The maximum atomic E-state index is 12.9. The molecule has 1 aromatic carbocycles. The predicted molar refractivity (Wildman–Crippen MR) is 103 cm³/mol. The molecule has 0 amide bonds. The summed E-state index contributed by atoms with van der Waals surface area (Å²) in [6, 6.07) is 7.64. The van der Waals surface area contributed by atoms with Crippen LogP contribution in [0.4, 0.5) is 0 Å². The number of hydrogen-bond acceptors (Lipinski definition) is 6. The third kappa shape index (κ3) is 3.38. The molecular formula is C19H21N5O3S. The molecule has 0 spiro atoms. The van der Waals surface area contributed by atoms with Gasteiger partial charge in [0, 0.05) is 43.2 Å². The van der Waals surface area contributed by atoms with E-state index in [2.05, 4.69) is 20.2 Å². The van der Waals surface area contributed by atoms with E-state index in [1.54, 1.807) is 19.5 Å². The van der Waals surface area contributed by atoms with Crippen molar-refractivity contribution < 1.29 is 13.2 Å². The first-order chi connectivity index (χ1) is 13.6. The van der Waals surface area contributed by atoms with Crippen LogP contribution in [0.3, 0.4) is 0 Å². The van der Waals surface area contributed by atoms with Gasteiger partial charge in [-0.3, -0.25) is 15.1 Å². The molecule has 1 aliphatic heterocycles. The number of rotatable bonds is 5. The van der Waals surface area contributed by atoms with Gasteiger partial charge in [0.05, 0.1) is 24.7 Å². The van der Waals surface area contributed by atoms with Crippen molar-refractivity contribution >= 4 is 10.0 Å². The minimum atomic E-state index is -3.58. The van der Waals surface area contributed by atoms with Crippen LogP contribution in [0, 0.1) is 0 Å². The summed E-state index contributed by atoms with van der Waals surface area (Å²) in [6.07, 6.45) is 7.64. The number of para-hydroxylation sites is 1. The van der Waals surface area contributed by atoms with E-state index >= 15 is 0 Å². The van der Waals surface area contributed by atoms with Crippen molar-refractivity contribution in [3.05, 3.63) is 54.7 Å². The Morgan fingerprint density at radius 1 is 1.21 bits per heavy atom. The van der Waals surface area contributed by atoms with Gasteiger partial charge in [-0.25, -0.2) is 8.42 Å². The molecule has 146 valence electrons. The van der Waals surface area contributed by atoms with Crippen LogP contribution in [0.25, 0.3) is 11.3 Å². The minimum absolute atomic E-state index is 0.0518. The molecule has 4 rings (SSSR count). The van der Waals surface area contributed by atoms with Crippen LogP contribution in [0.2, 0.25) is 0 Å². The topological polar surface area (TPSA) is 101 Å². The number of H-pyrrole nitrogens is 1. The molecule has 0 bridgehead atoms. The van der Waals surface area contributed by atoms with E-state index < -0.39 is 10.0 Å². The number of hydrogen-bond donors (Lipinski definition) is 1. The van der Waals surface area contributed by atoms with Crippen LogP contribution < -0.4 is 4.74 Å². The fourth-order valence-corrected chi connectivity index (χ4v) is 5.04. The molecule has 1 atom stereocenters. The highest BCUT2D eigenvalue weighted by atomic mass is 32.2. The highest BCUT2D eigenvalue weighted by Gasteiger charge is 2.33. The van der Waals surface area contributed by atoms with Gasteiger partial charge < -0.3 is 4.74 Å². The maximum Gasteiger partial charge on any atom is 0.246 e. The molecule has 1 fully saturated rings. The van der Waals surface area contributed by atoms with Crippen LogP contribution in [-0.4, -0.2) is 53.1 Å². The van der Waals surface area contributed by atoms with Crippen molar-refractivity contribution in [2.45, 2.75) is 23.7 Å². The largest absolute Gasteiger partial charge is 0.496 e. The summed E-state index contributed by atoms with van der Waals surface area (Å²) in [5, 5.41) is 6.34. The molecule has 9 heteroatoms. The lowest BCUT2D eigenvalue weighted by Crippen LogP contribution is -2.39. The molecule has 0 radical (unpaired) electrons. The van der Waals surface area contributed by atoms with Gasteiger partial charge in [0.2, 0.25) is 10.0 Å². The van der Waals surface area contributed by atoms with E-state index in [1.165, 1.54) is 16.7 Å². The third-order valence-corrected chi connectivity index (χ3v) is 6.80. The Morgan fingerprint density at radius 2 is 2.04 bits per heavy atom. The Kier molecular flexibility index (Phi) is 5.10. The zero-order valence-corrected chi connectivity index (χ0v) is 16.3. The zero-order valence-electron chi connectivity index (χ0n) is 15.4. The Bertz CT molecular complexity index is 1050. The van der Waals surface area contributed by atoms with Crippen molar-refractivity contribution in [3.63, 3.8) is 0 Å². The SMILES string of the molecule is COc1ccccc1-c1nccnc1C1CCCN(S(=O)(=O)c2cn[nH]c2)C1. The molecule has 3 heterocycles. The van der Waals surface area contributed by atoms with E-state index in [0.29, 0.717) is 18.8 Å². The lowest BCUT2D eigenvalue weighted by Gasteiger charge is -2.31. The number of piperidine rings is 1. The summed E-state index contributed by atoms with van der Waals surface area (Å²) < 4.78 is 32.8. The average molecular weight is 399 g/mol. The van der Waals surface area contributed by atoms with Gasteiger partial charge in [0.1, 0.15) is 10.6 Å². The number of benzene rings is 1. The van der Waals surface area contributed by atoms with Crippen LogP contribution in [0.1, 0.15) is 24.5 Å². The first-order valence-corrected chi connectivity index (χ1v) is 10.5. The van der Waals surface area contributed by atoms with E-state index in [4.69, 9.17) is 4.74 Å². The van der Waals surface area contributed by atoms with Crippen LogP contribution in [0.5, 0.6) is 5.75 Å². The summed E-state index contributed by atoms with van der Waals surface area (Å²) in [6.45, 7) is 0.836. The Hall–Kier alpha value is -2.78. The fourth-order valence-electron chi connectivity index (χ4n) is 3.61. The summed E-state index contributed by atoms with van der Waals surface area (Å²) in [7, 11) is -1.96. The first-order valence-electron chi connectivity index (χ1n) is 9.04. The quantitative estimate of drug-likeness (QED) is 0.707. The molecule has 1 unspecified atom stereocenters. The number of nitrogens with zero attached hydrogens (tertiary/aromatic N) is 4. The van der Waals surface area contributed by atoms with Gasteiger partial charge in [0.25, 0.3) is 0 Å². The maximum absolute atomic E-state index is 12.9. The number of aromatic amines is 1. The highest BCUT2D eigenvalue weighted by Crippen LogP contribution is 2.36. The Balaban J connectivity index is 1.69. The Morgan fingerprint density at radius 3 is 2.82 bits per heavy atom. The van der Waals surface area contributed by atoms with Crippen LogP contribution in [-0.2, 0) is 10.0 Å². The molecule has 3 aromatic rings. The Labute approximate surface area is 163 Å². The number of nitrogens with one attached hydrogen (secondary N) is 1. The second kappa shape index (κ2) is 7.69. The highest BCUT2D eigenvalue weighted by molar-refractivity contribution is 7.89. The van der Waals surface area contributed by atoms with E-state index in [0.717, 1.165) is 29.8 Å². The molecular weight excluding hydrogens is 378 g/mol. The summed E-state index contributed by atoms with van der Waals surface area (Å²) in [5.74, 6) is 0.659. The van der Waals surface area contributed by atoms with Crippen molar-refractivity contribution in [1.29, 1.82) is 0 Å². The molecule has 1 saturated heterocycles. The van der Waals surface area contributed by atoms with Crippen LogP contribution in [0.15, 0.2) is 53.9 Å². The number of methoxy groups -OCH3 is 1. The summed E-state index contributed by atoms with van der Waals surface area (Å²) in [4.78, 5) is 9.30. The van der Waals surface area contributed by atoms with E-state index in [1.807, 2.05) is 24.3 Å². The molecule has 0 saturated carbocycles. The third-order valence-electron chi connectivity index (χ3n) is 4.97. The van der Waals surface area contributed by atoms with Gasteiger partial charge in [-0.2, -0.15) is 9.40 Å². The first kappa shape index (κ1) is 18.6. The number of aromatic nitrogens is 4. The number of sulfonamides is 1. The van der Waals surface area contributed by atoms with E-state index in [-0.39, 0.29) is 10.8 Å². The fraction of sp³-hybridized carbons (Fsp3) is 0.316. The minimum Gasteiger partial charge on any atom is -0.496 e. The van der Waals surface area contributed by atoms with E-state index in [9.17, 15) is 8.42 Å². The number of ether oxygens (including phenoxy) is 1. The van der Waals surface area contributed by atoms with Crippen molar-refractivity contribution in [2.24, 2.45) is 0 Å². The lowest BCUT2D eigenvalue weighted by molar-refractivity contribution is 0.312. The van der Waals surface area contributed by atoms with Crippen molar-refractivity contribution in [3.8, 4) is 17.0 Å². The van der Waals surface area contributed by atoms with Gasteiger partial charge in [-0.1, -0.05) is 12.1 Å². The summed E-state index contributed by atoms with van der Waals surface area (Å²) in [5.41, 5.74) is 2.37. The van der Waals surface area contributed by atoms with Gasteiger partial charge >= 0.3 is 0 Å². The molecule has 8 nitrogen and oxygen atoms in total. The second-order valence-electron chi connectivity index (χ2n) is 6.63. The normalized spacial score (nSPS) is 18.1. The second-order valence-corrected chi connectivity index (χ2v) is 8.56. The van der Waals surface area contributed by atoms with Crippen molar-refractivity contribution in [1.82, 2.24) is 24.5 Å². The van der Waals surface area contributed by atoms with Crippen molar-refractivity contribution in [2.75, 3.05) is 20.2 Å². The average Bonchev–Trinajstić information content (AvgIpc) is 3.30. The van der Waals surface area contributed by atoms with Crippen LogP contribution >= 0.6 is 0 Å². The van der Waals surface area contributed by atoms with Gasteiger partial charge in [-0.05, 0) is 25.0 Å². The van der Waals surface area contributed by atoms with Gasteiger partial charge in [0.15, 0.2) is 0 Å².